The standard InChI is InChI=1S/C14H22N2O2/c1-4-8-16-14(17)11(3)18-13-7-5-6-12(9-13)10(2)15/h5-7,9-11H,4,8,15H2,1-3H3,(H,16,17)/t10-,11?/m1/s1. The molecule has 0 spiro atoms. The summed E-state index contributed by atoms with van der Waals surface area (Å²) in [6, 6.07) is 7.48. The van der Waals surface area contributed by atoms with Gasteiger partial charge in [0, 0.05) is 12.6 Å². The van der Waals surface area contributed by atoms with Crippen LogP contribution in [-0.2, 0) is 4.79 Å². The molecule has 1 aromatic rings. The molecular formula is C14H22N2O2. The first-order chi connectivity index (χ1) is 8.54. The van der Waals surface area contributed by atoms with E-state index in [1.54, 1.807) is 6.92 Å². The van der Waals surface area contributed by atoms with E-state index in [0.29, 0.717) is 12.3 Å². The average Bonchev–Trinajstić information content (AvgIpc) is 2.36. The van der Waals surface area contributed by atoms with Gasteiger partial charge in [0.05, 0.1) is 0 Å². The van der Waals surface area contributed by atoms with Crippen LogP contribution >= 0.6 is 0 Å². The highest BCUT2D eigenvalue weighted by Crippen LogP contribution is 2.18. The Kier molecular flexibility index (Phi) is 5.65. The monoisotopic (exact) mass is 250 g/mol. The molecule has 0 aromatic heterocycles. The zero-order valence-electron chi connectivity index (χ0n) is 11.3. The highest BCUT2D eigenvalue weighted by Gasteiger charge is 2.14. The number of hydrogen-bond donors (Lipinski definition) is 2. The van der Waals surface area contributed by atoms with Crippen LogP contribution in [0.5, 0.6) is 5.75 Å². The molecule has 0 saturated heterocycles. The van der Waals surface area contributed by atoms with Gasteiger partial charge in [0.1, 0.15) is 5.75 Å². The van der Waals surface area contributed by atoms with Gasteiger partial charge < -0.3 is 15.8 Å². The van der Waals surface area contributed by atoms with Crippen molar-refractivity contribution in [3.8, 4) is 5.75 Å². The molecule has 1 unspecified atom stereocenters. The van der Waals surface area contributed by atoms with Crippen molar-refractivity contribution in [2.24, 2.45) is 5.73 Å². The molecule has 0 aliphatic heterocycles. The predicted molar refractivity (Wildman–Crippen MR) is 72.4 cm³/mol. The molecule has 0 radical (unpaired) electrons. The van der Waals surface area contributed by atoms with E-state index in [1.165, 1.54) is 0 Å². The second-order valence-electron chi connectivity index (χ2n) is 4.41. The number of nitrogens with one attached hydrogen (secondary N) is 1. The van der Waals surface area contributed by atoms with Crippen molar-refractivity contribution in [1.29, 1.82) is 0 Å². The summed E-state index contributed by atoms with van der Waals surface area (Å²) in [7, 11) is 0. The summed E-state index contributed by atoms with van der Waals surface area (Å²) in [6.07, 6.45) is 0.415. The minimum atomic E-state index is -0.500. The molecule has 0 heterocycles. The minimum absolute atomic E-state index is 0.0437. The van der Waals surface area contributed by atoms with E-state index in [2.05, 4.69) is 5.32 Å². The second kappa shape index (κ2) is 7.01. The zero-order valence-corrected chi connectivity index (χ0v) is 11.3. The summed E-state index contributed by atoms with van der Waals surface area (Å²) in [5.41, 5.74) is 6.80. The molecule has 3 N–H and O–H groups in total. The fourth-order valence-electron chi connectivity index (χ4n) is 1.52. The molecule has 0 aliphatic carbocycles. The Bertz CT molecular complexity index is 391. The summed E-state index contributed by atoms with van der Waals surface area (Å²) in [5, 5.41) is 2.80. The average molecular weight is 250 g/mol. The number of ether oxygens (including phenoxy) is 1. The van der Waals surface area contributed by atoms with Crippen LogP contribution in [-0.4, -0.2) is 18.6 Å². The fourth-order valence-corrected chi connectivity index (χ4v) is 1.52. The lowest BCUT2D eigenvalue weighted by atomic mass is 10.1. The topological polar surface area (TPSA) is 64.3 Å². The van der Waals surface area contributed by atoms with Crippen LogP contribution in [0.1, 0.15) is 38.8 Å². The first-order valence-corrected chi connectivity index (χ1v) is 6.34. The molecule has 18 heavy (non-hydrogen) atoms. The SMILES string of the molecule is CCCNC(=O)C(C)Oc1cccc([C@@H](C)N)c1. The molecule has 0 saturated carbocycles. The Morgan fingerprint density at radius 1 is 1.44 bits per heavy atom. The van der Waals surface area contributed by atoms with Gasteiger partial charge in [-0.25, -0.2) is 0 Å². The molecule has 2 atom stereocenters. The van der Waals surface area contributed by atoms with Crippen LogP contribution in [0, 0.1) is 0 Å². The number of carbonyl (C=O) groups excluding carboxylic acids is 1. The third kappa shape index (κ3) is 4.37. The van der Waals surface area contributed by atoms with Crippen molar-refractivity contribution in [1.82, 2.24) is 5.32 Å². The van der Waals surface area contributed by atoms with Crippen molar-refractivity contribution < 1.29 is 9.53 Å². The maximum Gasteiger partial charge on any atom is 0.260 e. The highest BCUT2D eigenvalue weighted by atomic mass is 16.5. The third-order valence-electron chi connectivity index (χ3n) is 2.62. The number of benzene rings is 1. The van der Waals surface area contributed by atoms with Gasteiger partial charge in [0.15, 0.2) is 6.10 Å². The summed E-state index contributed by atoms with van der Waals surface area (Å²) in [5.74, 6) is 0.576. The maximum atomic E-state index is 11.7. The van der Waals surface area contributed by atoms with E-state index in [0.717, 1.165) is 12.0 Å². The summed E-state index contributed by atoms with van der Waals surface area (Å²) >= 11 is 0. The summed E-state index contributed by atoms with van der Waals surface area (Å²) in [4.78, 5) is 11.7. The van der Waals surface area contributed by atoms with E-state index in [4.69, 9.17) is 10.5 Å². The van der Waals surface area contributed by atoms with Crippen LogP contribution in [0.4, 0.5) is 0 Å². The molecule has 1 rings (SSSR count). The van der Waals surface area contributed by atoms with Crippen molar-refractivity contribution >= 4 is 5.91 Å². The second-order valence-corrected chi connectivity index (χ2v) is 4.41. The van der Waals surface area contributed by atoms with Crippen LogP contribution < -0.4 is 15.8 Å². The minimum Gasteiger partial charge on any atom is -0.481 e. The van der Waals surface area contributed by atoms with Crippen molar-refractivity contribution in [2.45, 2.75) is 39.3 Å². The Morgan fingerprint density at radius 2 is 2.17 bits per heavy atom. The normalized spacial score (nSPS) is 13.8. The molecule has 4 nitrogen and oxygen atoms in total. The smallest absolute Gasteiger partial charge is 0.260 e. The van der Waals surface area contributed by atoms with Gasteiger partial charge in [-0.2, -0.15) is 0 Å². The molecule has 100 valence electrons. The molecule has 4 heteroatoms. The molecule has 1 aromatic carbocycles. The molecular weight excluding hydrogens is 228 g/mol. The van der Waals surface area contributed by atoms with E-state index in [9.17, 15) is 4.79 Å². The summed E-state index contributed by atoms with van der Waals surface area (Å²) < 4.78 is 5.60. The van der Waals surface area contributed by atoms with Gasteiger partial charge in [-0.1, -0.05) is 19.1 Å². The lowest BCUT2D eigenvalue weighted by molar-refractivity contribution is -0.127. The van der Waals surface area contributed by atoms with Crippen LogP contribution in [0.25, 0.3) is 0 Å². The van der Waals surface area contributed by atoms with E-state index < -0.39 is 6.10 Å². The third-order valence-corrected chi connectivity index (χ3v) is 2.62. The number of amides is 1. The Hall–Kier alpha value is -1.55. The first kappa shape index (κ1) is 14.5. The predicted octanol–water partition coefficient (Wildman–Crippen LogP) is 2.00. The molecule has 1 amide bonds. The van der Waals surface area contributed by atoms with Crippen molar-refractivity contribution in [2.75, 3.05) is 6.54 Å². The van der Waals surface area contributed by atoms with E-state index in [1.807, 2.05) is 38.1 Å². The van der Waals surface area contributed by atoms with E-state index in [-0.39, 0.29) is 11.9 Å². The lowest BCUT2D eigenvalue weighted by Crippen LogP contribution is -2.36. The number of nitrogens with two attached hydrogens (primary N) is 1. The largest absolute Gasteiger partial charge is 0.481 e. The zero-order chi connectivity index (χ0) is 13.5. The van der Waals surface area contributed by atoms with Gasteiger partial charge >= 0.3 is 0 Å². The van der Waals surface area contributed by atoms with Gasteiger partial charge in [0.2, 0.25) is 0 Å². The van der Waals surface area contributed by atoms with Crippen LogP contribution in [0.3, 0.4) is 0 Å². The Labute approximate surface area is 109 Å². The number of carbonyl (C=O) groups is 1. The lowest BCUT2D eigenvalue weighted by Gasteiger charge is -2.15. The Balaban J connectivity index is 2.61. The molecule has 0 aliphatic rings. The van der Waals surface area contributed by atoms with Crippen molar-refractivity contribution in [3.63, 3.8) is 0 Å². The molecule has 0 fully saturated rings. The van der Waals surface area contributed by atoms with Crippen LogP contribution in [0.15, 0.2) is 24.3 Å². The highest BCUT2D eigenvalue weighted by molar-refractivity contribution is 5.80. The number of rotatable bonds is 6. The Morgan fingerprint density at radius 3 is 2.78 bits per heavy atom. The maximum absolute atomic E-state index is 11.7. The van der Waals surface area contributed by atoms with Gasteiger partial charge in [0.25, 0.3) is 5.91 Å². The van der Waals surface area contributed by atoms with E-state index >= 15 is 0 Å². The van der Waals surface area contributed by atoms with Crippen molar-refractivity contribution in [3.05, 3.63) is 29.8 Å². The first-order valence-electron chi connectivity index (χ1n) is 6.34. The number of hydrogen-bond acceptors (Lipinski definition) is 3. The molecule has 0 bridgehead atoms. The summed E-state index contributed by atoms with van der Waals surface area (Å²) in [6.45, 7) is 6.34. The van der Waals surface area contributed by atoms with Crippen LogP contribution in [0.2, 0.25) is 0 Å². The van der Waals surface area contributed by atoms with Gasteiger partial charge in [-0.05, 0) is 38.0 Å². The van der Waals surface area contributed by atoms with Gasteiger partial charge in [-0.15, -0.1) is 0 Å². The fraction of sp³-hybridized carbons (Fsp3) is 0.500. The van der Waals surface area contributed by atoms with Gasteiger partial charge in [-0.3, -0.25) is 4.79 Å². The quantitative estimate of drug-likeness (QED) is 0.811.